The van der Waals surface area contributed by atoms with Gasteiger partial charge in [0, 0.05) is 17.5 Å². The summed E-state index contributed by atoms with van der Waals surface area (Å²) in [4.78, 5) is 34.1. The summed E-state index contributed by atoms with van der Waals surface area (Å²) in [6.07, 6.45) is 5.10. The molecule has 32 heavy (non-hydrogen) atoms. The largest absolute Gasteiger partial charge is 0.476 e. The summed E-state index contributed by atoms with van der Waals surface area (Å²) in [7, 11) is 0. The van der Waals surface area contributed by atoms with E-state index in [9.17, 15) is 14.7 Å². The smallest absolute Gasteiger partial charge is 0.356 e. The van der Waals surface area contributed by atoms with Gasteiger partial charge in [-0.15, -0.1) is 0 Å². The Hall–Kier alpha value is -2.93. The minimum Gasteiger partial charge on any atom is -0.476 e. The molecule has 166 valence electrons. The molecule has 3 heterocycles. The molecule has 0 saturated heterocycles. The van der Waals surface area contributed by atoms with E-state index in [2.05, 4.69) is 23.3 Å². The zero-order valence-electron chi connectivity index (χ0n) is 18.1. The number of halogens is 1. The number of nitrogens with zero attached hydrogens (tertiary/aromatic N) is 3. The molecule has 1 fully saturated rings. The predicted octanol–water partition coefficient (Wildman–Crippen LogP) is 4.70. The first-order valence-electron chi connectivity index (χ1n) is 11.1. The molecule has 5 rings (SSSR count). The maximum atomic E-state index is 13.4. The van der Waals surface area contributed by atoms with Gasteiger partial charge in [0.1, 0.15) is 11.0 Å². The van der Waals surface area contributed by atoms with E-state index in [-0.39, 0.29) is 27.9 Å². The van der Waals surface area contributed by atoms with E-state index in [0.717, 1.165) is 49.2 Å². The Morgan fingerprint density at radius 2 is 2.06 bits per heavy atom. The van der Waals surface area contributed by atoms with E-state index in [1.807, 2.05) is 17.6 Å². The number of pyridine rings is 1. The lowest BCUT2D eigenvalue weighted by molar-refractivity contribution is 0.0691. The highest BCUT2D eigenvalue weighted by molar-refractivity contribution is 6.29. The fraction of sp³-hybridized carbons (Fsp3) is 0.417. The fourth-order valence-electron chi connectivity index (χ4n) is 5.10. The van der Waals surface area contributed by atoms with Gasteiger partial charge in [-0.2, -0.15) is 0 Å². The van der Waals surface area contributed by atoms with Gasteiger partial charge in [0.2, 0.25) is 0 Å². The molecule has 2 aliphatic rings. The highest BCUT2D eigenvalue weighted by Gasteiger charge is 2.46. The molecular weight excluding hydrogens is 428 g/mol. The lowest BCUT2D eigenvalue weighted by atomic mass is 9.67. The Labute approximate surface area is 190 Å². The van der Waals surface area contributed by atoms with Crippen LogP contribution in [-0.4, -0.2) is 25.6 Å². The quantitative estimate of drug-likeness (QED) is 0.544. The van der Waals surface area contributed by atoms with Crippen molar-refractivity contribution in [3.05, 3.63) is 62.4 Å². The second-order valence-electron chi connectivity index (χ2n) is 8.91. The Kier molecular flexibility index (Phi) is 4.97. The minimum atomic E-state index is -1.16. The SMILES string of the molecule is CCc1cc([C@@H](C)Nc2ccc(Cl)nc2C(=O)O)c2nc3n(c(=O)c2c1)CCC31CCC1. The molecule has 1 aromatic carbocycles. The molecule has 2 N–H and O–H groups in total. The van der Waals surface area contributed by atoms with E-state index < -0.39 is 5.97 Å². The molecule has 1 spiro atoms. The third-order valence-electron chi connectivity index (χ3n) is 7.06. The van der Waals surface area contributed by atoms with E-state index in [0.29, 0.717) is 16.6 Å². The topological polar surface area (TPSA) is 97.1 Å². The molecule has 2 aromatic heterocycles. The van der Waals surface area contributed by atoms with E-state index >= 15 is 0 Å². The number of hydrogen-bond donors (Lipinski definition) is 2. The van der Waals surface area contributed by atoms with Gasteiger partial charge in [-0.25, -0.2) is 14.8 Å². The van der Waals surface area contributed by atoms with Crippen molar-refractivity contribution in [2.45, 2.75) is 64.0 Å². The molecular formula is C24H25ClN4O3. The van der Waals surface area contributed by atoms with Crippen LogP contribution >= 0.6 is 11.6 Å². The number of nitrogens with one attached hydrogen (secondary N) is 1. The third-order valence-corrected chi connectivity index (χ3v) is 7.27. The molecule has 0 bridgehead atoms. The molecule has 0 unspecified atom stereocenters. The zero-order chi connectivity index (χ0) is 22.6. The van der Waals surface area contributed by atoms with Crippen LogP contribution in [-0.2, 0) is 18.4 Å². The van der Waals surface area contributed by atoms with Crippen molar-refractivity contribution in [1.82, 2.24) is 14.5 Å². The predicted molar refractivity (Wildman–Crippen MR) is 124 cm³/mol. The molecule has 1 atom stereocenters. The standard InChI is InChI=1S/C24H25ClN4O3/c1-3-14-11-15(13(2)26-17-5-6-18(25)27-20(17)22(31)32)19-16(12-14)21(30)29-10-9-24(7-4-8-24)23(29)28-19/h5-6,11-13,26H,3-4,7-10H2,1-2H3,(H,31,32)/t13-/m1/s1. The van der Waals surface area contributed by atoms with Crippen molar-refractivity contribution in [3.8, 4) is 0 Å². The third kappa shape index (κ3) is 3.18. The Morgan fingerprint density at radius 1 is 1.28 bits per heavy atom. The summed E-state index contributed by atoms with van der Waals surface area (Å²) in [5, 5.41) is 13.6. The second-order valence-corrected chi connectivity index (χ2v) is 9.30. The number of benzene rings is 1. The first-order valence-corrected chi connectivity index (χ1v) is 11.4. The summed E-state index contributed by atoms with van der Waals surface area (Å²) in [6, 6.07) is 6.90. The van der Waals surface area contributed by atoms with Gasteiger partial charge in [-0.05, 0) is 56.4 Å². The van der Waals surface area contributed by atoms with Crippen LogP contribution in [0.3, 0.4) is 0 Å². The lowest BCUT2D eigenvalue weighted by Crippen LogP contribution is -2.34. The van der Waals surface area contributed by atoms with Crippen molar-refractivity contribution in [1.29, 1.82) is 0 Å². The van der Waals surface area contributed by atoms with Gasteiger partial charge >= 0.3 is 5.97 Å². The number of carboxylic acids is 1. The fourth-order valence-corrected chi connectivity index (χ4v) is 5.25. The highest BCUT2D eigenvalue weighted by Crippen LogP contribution is 2.49. The van der Waals surface area contributed by atoms with Crippen LogP contribution in [0.2, 0.25) is 5.15 Å². The Bertz CT molecular complexity index is 1310. The first-order chi connectivity index (χ1) is 15.3. The van der Waals surface area contributed by atoms with Crippen molar-refractivity contribution >= 4 is 34.2 Å². The van der Waals surface area contributed by atoms with E-state index in [1.165, 1.54) is 6.42 Å². The number of aromatic carboxylic acids is 1. The maximum Gasteiger partial charge on any atom is 0.356 e. The van der Waals surface area contributed by atoms with Gasteiger partial charge in [-0.1, -0.05) is 31.0 Å². The molecule has 0 radical (unpaired) electrons. The van der Waals surface area contributed by atoms with Crippen LogP contribution < -0.4 is 10.9 Å². The van der Waals surface area contributed by atoms with Gasteiger partial charge < -0.3 is 10.4 Å². The number of anilines is 1. The molecule has 1 aliphatic carbocycles. The zero-order valence-corrected chi connectivity index (χ0v) is 18.9. The number of rotatable bonds is 5. The molecule has 3 aromatic rings. The molecule has 1 aliphatic heterocycles. The molecule has 1 saturated carbocycles. The maximum absolute atomic E-state index is 13.4. The highest BCUT2D eigenvalue weighted by atomic mass is 35.5. The van der Waals surface area contributed by atoms with Gasteiger partial charge in [-0.3, -0.25) is 9.36 Å². The molecule has 7 nitrogen and oxygen atoms in total. The number of aromatic nitrogens is 3. The van der Waals surface area contributed by atoms with E-state index in [1.54, 1.807) is 12.1 Å². The van der Waals surface area contributed by atoms with Gasteiger partial charge in [0.25, 0.3) is 5.56 Å². The van der Waals surface area contributed by atoms with Crippen molar-refractivity contribution < 1.29 is 9.90 Å². The van der Waals surface area contributed by atoms with Crippen LogP contribution in [0.1, 0.15) is 73.0 Å². The van der Waals surface area contributed by atoms with Crippen molar-refractivity contribution in [2.24, 2.45) is 0 Å². The number of carboxylic acid groups (broad SMARTS) is 1. The minimum absolute atomic E-state index is 0.0249. The molecule has 8 heteroatoms. The number of aryl methyl sites for hydroxylation is 1. The van der Waals surface area contributed by atoms with Gasteiger partial charge in [0.15, 0.2) is 5.69 Å². The summed E-state index contributed by atoms with van der Waals surface area (Å²) in [5.74, 6) is -0.242. The van der Waals surface area contributed by atoms with Gasteiger partial charge in [0.05, 0.1) is 22.6 Å². The second kappa shape index (κ2) is 7.59. The van der Waals surface area contributed by atoms with E-state index in [4.69, 9.17) is 16.6 Å². The normalized spacial score (nSPS) is 17.2. The monoisotopic (exact) mass is 452 g/mol. The number of carbonyl (C=O) groups is 1. The van der Waals surface area contributed by atoms with Crippen LogP contribution in [0.25, 0.3) is 10.9 Å². The summed E-state index contributed by atoms with van der Waals surface area (Å²) in [6.45, 7) is 4.73. The average molecular weight is 453 g/mol. The summed E-state index contributed by atoms with van der Waals surface area (Å²) >= 11 is 5.90. The summed E-state index contributed by atoms with van der Waals surface area (Å²) in [5.41, 5.74) is 2.93. The van der Waals surface area contributed by atoms with Crippen molar-refractivity contribution in [3.63, 3.8) is 0 Å². The Balaban J connectivity index is 1.65. The first kappa shape index (κ1) is 20.9. The lowest BCUT2D eigenvalue weighted by Gasteiger charge is -2.37. The average Bonchev–Trinajstić information content (AvgIpc) is 3.14. The number of fused-ring (bicyclic) bond motifs is 3. The Morgan fingerprint density at radius 3 is 2.72 bits per heavy atom. The number of hydrogen-bond acceptors (Lipinski definition) is 5. The van der Waals surface area contributed by atoms with Crippen LogP contribution in [0, 0.1) is 0 Å². The van der Waals surface area contributed by atoms with Crippen LogP contribution in [0.4, 0.5) is 5.69 Å². The van der Waals surface area contributed by atoms with Crippen LogP contribution in [0.5, 0.6) is 0 Å². The van der Waals surface area contributed by atoms with Crippen molar-refractivity contribution in [2.75, 3.05) is 5.32 Å². The summed E-state index contributed by atoms with van der Waals surface area (Å²) < 4.78 is 1.87. The molecule has 0 amide bonds. The van der Waals surface area contributed by atoms with Crippen LogP contribution in [0.15, 0.2) is 29.1 Å².